The topological polar surface area (TPSA) is 117 Å². The minimum atomic E-state index is -0.704. The average Bonchev–Trinajstić information content (AvgIpc) is 2.93. The highest BCUT2D eigenvalue weighted by Crippen LogP contribution is 2.39. The summed E-state index contributed by atoms with van der Waals surface area (Å²) < 4.78 is 17.1. The molecule has 10 heteroatoms. The van der Waals surface area contributed by atoms with Gasteiger partial charge in [-0.25, -0.2) is 4.79 Å². The maximum atomic E-state index is 12.5. The van der Waals surface area contributed by atoms with Gasteiger partial charge in [-0.3, -0.25) is 14.9 Å². The molecule has 0 bridgehead atoms. The van der Waals surface area contributed by atoms with Crippen molar-refractivity contribution in [2.24, 2.45) is 0 Å². The zero-order valence-electron chi connectivity index (χ0n) is 16.5. The molecule has 0 fully saturated rings. The van der Waals surface area contributed by atoms with E-state index in [1.54, 1.807) is 0 Å². The molecule has 0 radical (unpaired) electrons. The Morgan fingerprint density at radius 1 is 1.19 bits per heavy atom. The number of anilines is 1. The molecule has 1 N–H and O–H groups in total. The van der Waals surface area contributed by atoms with E-state index in [4.69, 9.17) is 14.2 Å². The number of esters is 1. The molecule has 0 saturated heterocycles. The summed E-state index contributed by atoms with van der Waals surface area (Å²) in [6.07, 6.45) is 0.636. The quantitative estimate of drug-likeness (QED) is 0.359. The van der Waals surface area contributed by atoms with Gasteiger partial charge in [0.1, 0.15) is 10.6 Å². The molecule has 1 aliphatic heterocycles. The first-order valence-electron chi connectivity index (χ1n) is 9.47. The number of thiophene rings is 1. The molecule has 3 aromatic rings. The number of benzene rings is 2. The van der Waals surface area contributed by atoms with Crippen LogP contribution in [0.2, 0.25) is 0 Å². The monoisotopic (exact) mass is 442 g/mol. The Morgan fingerprint density at radius 3 is 2.61 bits per heavy atom. The van der Waals surface area contributed by atoms with Crippen LogP contribution in [0, 0.1) is 17.0 Å². The van der Waals surface area contributed by atoms with Crippen LogP contribution >= 0.6 is 11.3 Å². The number of hydrogen-bond acceptors (Lipinski definition) is 8. The van der Waals surface area contributed by atoms with Crippen molar-refractivity contribution in [1.82, 2.24) is 0 Å². The summed E-state index contributed by atoms with van der Waals surface area (Å²) in [5, 5.41) is 14.8. The van der Waals surface area contributed by atoms with E-state index in [1.165, 1.54) is 23.5 Å². The largest absolute Gasteiger partial charge is 0.489 e. The zero-order valence-corrected chi connectivity index (χ0v) is 17.3. The van der Waals surface area contributed by atoms with Gasteiger partial charge >= 0.3 is 5.97 Å². The first kappa shape index (κ1) is 20.6. The lowest BCUT2D eigenvalue weighted by molar-refractivity contribution is -0.384. The highest BCUT2D eigenvalue weighted by molar-refractivity contribution is 7.21. The summed E-state index contributed by atoms with van der Waals surface area (Å²) in [6.45, 7) is 2.00. The van der Waals surface area contributed by atoms with E-state index in [2.05, 4.69) is 5.32 Å². The van der Waals surface area contributed by atoms with Crippen molar-refractivity contribution in [2.45, 2.75) is 13.3 Å². The van der Waals surface area contributed by atoms with Gasteiger partial charge in [-0.2, -0.15) is 0 Å². The Bertz CT molecular complexity index is 1190. The van der Waals surface area contributed by atoms with E-state index in [0.717, 1.165) is 15.6 Å². The van der Waals surface area contributed by atoms with E-state index in [0.29, 0.717) is 30.3 Å². The molecular weight excluding hydrogens is 424 g/mol. The number of nitro groups is 1. The highest BCUT2D eigenvalue weighted by atomic mass is 32.1. The van der Waals surface area contributed by atoms with Crippen molar-refractivity contribution in [3.8, 4) is 11.5 Å². The Hall–Kier alpha value is -3.66. The fourth-order valence-electron chi connectivity index (χ4n) is 3.20. The first-order valence-corrected chi connectivity index (χ1v) is 10.3. The molecule has 0 aliphatic carbocycles. The lowest BCUT2D eigenvalue weighted by Crippen LogP contribution is -2.21. The number of nitrogens with zero attached hydrogens (tertiary/aromatic N) is 1. The number of ether oxygens (including phenoxy) is 3. The van der Waals surface area contributed by atoms with Gasteiger partial charge in [0.25, 0.3) is 11.6 Å². The van der Waals surface area contributed by atoms with E-state index >= 15 is 0 Å². The summed E-state index contributed by atoms with van der Waals surface area (Å²) >= 11 is 1.29. The van der Waals surface area contributed by atoms with Crippen LogP contribution in [-0.2, 0) is 9.53 Å². The van der Waals surface area contributed by atoms with Gasteiger partial charge in [0.05, 0.1) is 24.2 Å². The molecule has 0 unspecified atom stereocenters. The van der Waals surface area contributed by atoms with Crippen molar-refractivity contribution >= 4 is 44.7 Å². The maximum Gasteiger partial charge on any atom is 0.349 e. The molecule has 1 aromatic heterocycles. The van der Waals surface area contributed by atoms with Crippen molar-refractivity contribution in [1.29, 1.82) is 0 Å². The Morgan fingerprint density at radius 2 is 1.90 bits per heavy atom. The normalized spacial score (nSPS) is 12.8. The second-order valence-corrected chi connectivity index (χ2v) is 7.85. The number of carbonyl (C=O) groups is 2. The molecule has 9 nitrogen and oxygen atoms in total. The fourth-order valence-corrected chi connectivity index (χ4v) is 4.30. The van der Waals surface area contributed by atoms with Gasteiger partial charge in [0.2, 0.25) is 0 Å². The molecule has 0 saturated carbocycles. The van der Waals surface area contributed by atoms with Gasteiger partial charge in [0.15, 0.2) is 18.1 Å². The third-order valence-electron chi connectivity index (χ3n) is 4.70. The molecule has 160 valence electrons. The fraction of sp³-hybridized carbons (Fsp3) is 0.238. The minimum Gasteiger partial charge on any atom is -0.489 e. The second kappa shape index (κ2) is 8.60. The Labute approximate surface area is 180 Å². The van der Waals surface area contributed by atoms with Crippen LogP contribution < -0.4 is 14.8 Å². The van der Waals surface area contributed by atoms with Crippen molar-refractivity contribution in [3.63, 3.8) is 0 Å². The van der Waals surface area contributed by atoms with Crippen LogP contribution in [0.3, 0.4) is 0 Å². The van der Waals surface area contributed by atoms with E-state index < -0.39 is 23.4 Å². The maximum absolute atomic E-state index is 12.5. The molecule has 2 heterocycles. The number of fused-ring (bicyclic) bond motifs is 2. The summed E-state index contributed by atoms with van der Waals surface area (Å²) in [5.41, 5.74) is 0.377. The zero-order chi connectivity index (χ0) is 22.0. The van der Waals surface area contributed by atoms with Crippen molar-refractivity contribution in [2.75, 3.05) is 25.1 Å². The average molecular weight is 442 g/mol. The third kappa shape index (κ3) is 4.29. The molecule has 2 aromatic carbocycles. The van der Waals surface area contributed by atoms with E-state index in [9.17, 15) is 19.7 Å². The van der Waals surface area contributed by atoms with E-state index in [1.807, 2.05) is 31.2 Å². The number of nitro benzene ring substituents is 1. The van der Waals surface area contributed by atoms with Crippen LogP contribution in [0.5, 0.6) is 11.5 Å². The SMILES string of the molecule is Cc1c(C(=O)OCC(=O)Nc2cc3c(cc2[N+](=O)[O-])OCCCO3)sc2ccccc12. The summed E-state index contributed by atoms with van der Waals surface area (Å²) in [7, 11) is 0. The number of nitrogens with one attached hydrogen (secondary N) is 1. The lowest BCUT2D eigenvalue weighted by atomic mass is 10.1. The number of hydrogen-bond donors (Lipinski definition) is 1. The predicted octanol–water partition coefficient (Wildman–Crippen LogP) is 4.07. The standard InChI is InChI=1S/C21H18N2O7S/c1-12-13-5-2-3-6-18(13)31-20(12)21(25)30-11-19(24)22-14-9-16-17(10-15(14)23(26)27)29-8-4-7-28-16/h2-3,5-6,9-10H,4,7-8,11H2,1H3,(H,22,24). The van der Waals surface area contributed by atoms with Gasteiger partial charge < -0.3 is 19.5 Å². The Kier molecular flexibility index (Phi) is 5.72. The summed E-state index contributed by atoms with van der Waals surface area (Å²) in [6, 6.07) is 10.1. The number of aryl methyl sites for hydroxylation is 1. The molecule has 0 spiro atoms. The van der Waals surface area contributed by atoms with Crippen LogP contribution in [-0.4, -0.2) is 36.6 Å². The molecule has 4 rings (SSSR count). The molecule has 1 amide bonds. The van der Waals surface area contributed by atoms with Crippen LogP contribution in [0.25, 0.3) is 10.1 Å². The van der Waals surface area contributed by atoms with E-state index in [-0.39, 0.29) is 17.1 Å². The van der Waals surface area contributed by atoms with Crippen molar-refractivity contribution < 1.29 is 28.7 Å². The van der Waals surface area contributed by atoms with Gasteiger partial charge in [0, 0.05) is 17.2 Å². The first-order chi connectivity index (χ1) is 14.9. The van der Waals surface area contributed by atoms with Gasteiger partial charge in [-0.05, 0) is 23.9 Å². The van der Waals surface area contributed by atoms with Gasteiger partial charge in [-0.1, -0.05) is 18.2 Å². The number of rotatable bonds is 5. The van der Waals surface area contributed by atoms with Crippen molar-refractivity contribution in [3.05, 3.63) is 57.0 Å². The van der Waals surface area contributed by atoms with Crippen LogP contribution in [0.1, 0.15) is 21.7 Å². The van der Waals surface area contributed by atoms with Crippen LogP contribution in [0.4, 0.5) is 11.4 Å². The third-order valence-corrected chi connectivity index (χ3v) is 5.95. The molecule has 1 aliphatic rings. The number of amides is 1. The smallest absolute Gasteiger partial charge is 0.349 e. The Balaban J connectivity index is 1.47. The lowest BCUT2D eigenvalue weighted by Gasteiger charge is -2.11. The molecule has 0 atom stereocenters. The minimum absolute atomic E-state index is 0.0617. The predicted molar refractivity (Wildman–Crippen MR) is 114 cm³/mol. The van der Waals surface area contributed by atoms with Gasteiger partial charge in [-0.15, -0.1) is 11.3 Å². The second-order valence-electron chi connectivity index (χ2n) is 6.80. The highest BCUT2D eigenvalue weighted by Gasteiger charge is 2.24. The van der Waals surface area contributed by atoms with Crippen LogP contribution in [0.15, 0.2) is 36.4 Å². The molecule has 31 heavy (non-hydrogen) atoms. The number of carbonyl (C=O) groups excluding carboxylic acids is 2. The molecular formula is C21H18N2O7S. The summed E-state index contributed by atoms with van der Waals surface area (Å²) in [5.74, 6) is -0.781. The summed E-state index contributed by atoms with van der Waals surface area (Å²) in [4.78, 5) is 36.0.